The van der Waals surface area contributed by atoms with Gasteiger partial charge in [0.05, 0.1) is 16.2 Å². The molecule has 0 bridgehead atoms. The summed E-state index contributed by atoms with van der Waals surface area (Å²) < 4.78 is 28.7. The van der Waals surface area contributed by atoms with Crippen molar-refractivity contribution in [2.45, 2.75) is 25.9 Å². The number of carbonyl (C=O) groups is 1. The minimum absolute atomic E-state index is 0.123. The summed E-state index contributed by atoms with van der Waals surface area (Å²) in [6.45, 7) is 1.59. The number of carbonyl (C=O) groups excluding carboxylic acids is 1. The van der Waals surface area contributed by atoms with Crippen molar-refractivity contribution in [2.75, 3.05) is 5.75 Å². The highest BCUT2D eigenvalue weighted by atomic mass is 32.2. The van der Waals surface area contributed by atoms with Crippen LogP contribution in [0.25, 0.3) is 0 Å². The SMILES string of the molecule is CC1CS(=O)(=O)C2=C(CCC=C2)C(=O)O1. The van der Waals surface area contributed by atoms with Crippen molar-refractivity contribution in [1.82, 2.24) is 0 Å². The van der Waals surface area contributed by atoms with E-state index in [1.807, 2.05) is 0 Å². The zero-order chi connectivity index (χ0) is 11.1. The Bertz CT molecular complexity index is 456. The van der Waals surface area contributed by atoms with Crippen LogP contribution in [0.3, 0.4) is 0 Å². The fourth-order valence-corrected chi connectivity index (χ4v) is 3.55. The van der Waals surface area contributed by atoms with Gasteiger partial charge in [-0.1, -0.05) is 6.08 Å². The lowest BCUT2D eigenvalue weighted by molar-refractivity contribution is -0.142. The Hall–Kier alpha value is -1.10. The predicted octanol–water partition coefficient (Wildman–Crippen LogP) is 0.951. The summed E-state index contributed by atoms with van der Waals surface area (Å²) in [6, 6.07) is 0. The van der Waals surface area contributed by atoms with Crippen LogP contribution in [0.2, 0.25) is 0 Å². The van der Waals surface area contributed by atoms with E-state index >= 15 is 0 Å². The average Bonchev–Trinajstić information content (AvgIpc) is 2.23. The molecule has 2 aliphatic rings. The Labute approximate surface area is 88.5 Å². The lowest BCUT2D eigenvalue weighted by atomic mass is 10.1. The van der Waals surface area contributed by atoms with E-state index in [2.05, 4.69) is 0 Å². The summed E-state index contributed by atoms with van der Waals surface area (Å²) in [5.41, 5.74) is 0.307. The topological polar surface area (TPSA) is 60.4 Å². The number of ether oxygens (including phenoxy) is 1. The van der Waals surface area contributed by atoms with Crippen LogP contribution in [0.5, 0.6) is 0 Å². The number of rotatable bonds is 0. The quantitative estimate of drug-likeness (QED) is 0.579. The van der Waals surface area contributed by atoms with Gasteiger partial charge in [-0.3, -0.25) is 0 Å². The molecular formula is C10H12O4S. The van der Waals surface area contributed by atoms with Gasteiger partial charge in [0.1, 0.15) is 6.10 Å². The van der Waals surface area contributed by atoms with Gasteiger partial charge in [-0.15, -0.1) is 0 Å². The van der Waals surface area contributed by atoms with Crippen molar-refractivity contribution < 1.29 is 17.9 Å². The first-order chi connectivity index (χ1) is 7.00. The molecule has 1 atom stereocenters. The standard InChI is InChI=1S/C10H12O4S/c1-7-6-15(12,13)9-5-3-2-4-8(9)10(11)14-7/h3,5,7H,2,4,6H2,1H3. The highest BCUT2D eigenvalue weighted by molar-refractivity contribution is 7.95. The molecule has 0 N–H and O–H groups in total. The lowest BCUT2D eigenvalue weighted by Gasteiger charge is -2.10. The molecule has 0 radical (unpaired) electrons. The minimum atomic E-state index is -3.36. The van der Waals surface area contributed by atoms with E-state index in [0.717, 1.165) is 0 Å². The van der Waals surface area contributed by atoms with Gasteiger partial charge in [0.2, 0.25) is 0 Å². The normalized spacial score (nSPS) is 29.4. The maximum atomic E-state index is 11.9. The minimum Gasteiger partial charge on any atom is -0.458 e. The van der Waals surface area contributed by atoms with Crippen molar-refractivity contribution in [1.29, 1.82) is 0 Å². The van der Waals surface area contributed by atoms with Crippen molar-refractivity contribution >= 4 is 15.8 Å². The summed E-state index contributed by atoms with van der Waals surface area (Å²) >= 11 is 0. The van der Waals surface area contributed by atoms with E-state index < -0.39 is 21.9 Å². The second kappa shape index (κ2) is 3.48. The van der Waals surface area contributed by atoms with E-state index in [1.165, 1.54) is 6.08 Å². The zero-order valence-electron chi connectivity index (χ0n) is 8.39. The van der Waals surface area contributed by atoms with Crippen LogP contribution in [0.1, 0.15) is 19.8 Å². The molecule has 0 saturated carbocycles. The molecule has 0 saturated heterocycles. The van der Waals surface area contributed by atoms with E-state index in [1.54, 1.807) is 13.0 Å². The molecule has 1 aliphatic heterocycles. The monoisotopic (exact) mass is 228 g/mol. The number of hydrogen-bond acceptors (Lipinski definition) is 4. The van der Waals surface area contributed by atoms with E-state index in [0.29, 0.717) is 18.4 Å². The Morgan fingerprint density at radius 2 is 2.20 bits per heavy atom. The third-order valence-corrected chi connectivity index (χ3v) is 4.43. The van der Waals surface area contributed by atoms with Crippen molar-refractivity contribution in [3.8, 4) is 0 Å². The molecule has 0 fully saturated rings. The number of esters is 1. The number of cyclic esters (lactones) is 1. The third-order valence-electron chi connectivity index (χ3n) is 2.47. The van der Waals surface area contributed by atoms with Crippen LogP contribution in [0, 0.1) is 0 Å². The van der Waals surface area contributed by atoms with Crippen LogP contribution < -0.4 is 0 Å². The van der Waals surface area contributed by atoms with Crippen molar-refractivity contribution in [3.05, 3.63) is 22.6 Å². The molecule has 0 spiro atoms. The molecule has 0 aromatic carbocycles. The van der Waals surface area contributed by atoms with Crippen molar-refractivity contribution in [3.63, 3.8) is 0 Å². The molecule has 0 amide bonds. The van der Waals surface area contributed by atoms with Crippen LogP contribution in [-0.2, 0) is 19.4 Å². The summed E-state index contributed by atoms with van der Waals surface area (Å²) in [5, 5.41) is 0. The predicted molar refractivity (Wildman–Crippen MR) is 54.7 cm³/mol. The van der Waals surface area contributed by atoms with Gasteiger partial charge in [0.15, 0.2) is 9.84 Å². The van der Waals surface area contributed by atoms with Gasteiger partial charge in [-0.05, 0) is 25.8 Å². The highest BCUT2D eigenvalue weighted by Gasteiger charge is 2.33. The van der Waals surface area contributed by atoms with Gasteiger partial charge in [0.25, 0.3) is 0 Å². The number of allylic oxidation sites excluding steroid dienone is 2. The molecule has 1 aliphatic carbocycles. The highest BCUT2D eigenvalue weighted by Crippen LogP contribution is 2.28. The molecule has 82 valence electrons. The first kappa shape index (κ1) is 10.4. The van der Waals surface area contributed by atoms with Gasteiger partial charge in [-0.2, -0.15) is 0 Å². The molecule has 1 heterocycles. The second-order valence-corrected chi connectivity index (χ2v) is 5.78. The Kier molecular flexibility index (Phi) is 2.42. The molecule has 0 aromatic heterocycles. The zero-order valence-corrected chi connectivity index (χ0v) is 9.21. The summed E-state index contributed by atoms with van der Waals surface area (Å²) in [7, 11) is -3.36. The van der Waals surface area contributed by atoms with Gasteiger partial charge < -0.3 is 4.74 Å². The van der Waals surface area contributed by atoms with Gasteiger partial charge >= 0.3 is 5.97 Å². The Morgan fingerprint density at radius 1 is 1.47 bits per heavy atom. The average molecular weight is 228 g/mol. The molecule has 4 nitrogen and oxygen atoms in total. The molecule has 1 unspecified atom stereocenters. The maximum Gasteiger partial charge on any atom is 0.335 e. The third kappa shape index (κ3) is 1.84. The second-order valence-electron chi connectivity index (χ2n) is 3.78. The van der Waals surface area contributed by atoms with Gasteiger partial charge in [-0.25, -0.2) is 13.2 Å². The first-order valence-corrected chi connectivity index (χ1v) is 6.49. The fourth-order valence-electron chi connectivity index (χ4n) is 1.82. The van der Waals surface area contributed by atoms with Crippen LogP contribution >= 0.6 is 0 Å². The molecule has 0 aromatic rings. The Morgan fingerprint density at radius 3 is 2.93 bits per heavy atom. The van der Waals surface area contributed by atoms with E-state index in [4.69, 9.17) is 4.74 Å². The van der Waals surface area contributed by atoms with E-state index in [-0.39, 0.29) is 10.7 Å². The Balaban J connectivity index is 2.57. The maximum absolute atomic E-state index is 11.9. The lowest BCUT2D eigenvalue weighted by Crippen LogP contribution is -2.20. The summed E-state index contributed by atoms with van der Waals surface area (Å²) in [5.74, 6) is -0.607. The summed E-state index contributed by atoms with van der Waals surface area (Å²) in [6.07, 6.45) is 3.88. The van der Waals surface area contributed by atoms with Crippen LogP contribution in [-0.4, -0.2) is 26.2 Å². The molecule has 15 heavy (non-hydrogen) atoms. The molecule has 2 rings (SSSR count). The van der Waals surface area contributed by atoms with Gasteiger partial charge in [0, 0.05) is 0 Å². The van der Waals surface area contributed by atoms with Crippen LogP contribution in [0.4, 0.5) is 0 Å². The van der Waals surface area contributed by atoms with Crippen molar-refractivity contribution in [2.24, 2.45) is 0 Å². The number of sulfone groups is 1. The summed E-state index contributed by atoms with van der Waals surface area (Å²) in [4.78, 5) is 11.7. The fraction of sp³-hybridized carbons (Fsp3) is 0.500. The van der Waals surface area contributed by atoms with E-state index in [9.17, 15) is 13.2 Å². The first-order valence-electron chi connectivity index (χ1n) is 4.84. The molecule has 5 heteroatoms. The van der Waals surface area contributed by atoms with Crippen LogP contribution in [0.15, 0.2) is 22.6 Å². The number of hydrogen-bond donors (Lipinski definition) is 0. The molecular weight excluding hydrogens is 216 g/mol. The smallest absolute Gasteiger partial charge is 0.335 e. The largest absolute Gasteiger partial charge is 0.458 e.